The molecule has 1 aliphatic heterocycles. The third kappa shape index (κ3) is 1.57. The SMILES string of the molecule is CC1Nc2ccc(CO)cc2N(C)C1=O. The van der Waals surface area contributed by atoms with E-state index in [4.69, 9.17) is 5.11 Å². The van der Waals surface area contributed by atoms with E-state index in [0.717, 1.165) is 16.9 Å². The van der Waals surface area contributed by atoms with Crippen LogP contribution in [0.4, 0.5) is 11.4 Å². The molecule has 1 aromatic carbocycles. The van der Waals surface area contributed by atoms with E-state index in [2.05, 4.69) is 5.32 Å². The fourth-order valence-electron chi connectivity index (χ4n) is 1.78. The Labute approximate surface area is 88.5 Å². The molecule has 2 rings (SSSR count). The van der Waals surface area contributed by atoms with E-state index in [1.807, 2.05) is 25.1 Å². The molecule has 0 radical (unpaired) electrons. The van der Waals surface area contributed by atoms with Gasteiger partial charge in [0.2, 0.25) is 5.91 Å². The Bertz CT molecular complexity index is 404. The summed E-state index contributed by atoms with van der Waals surface area (Å²) in [6.07, 6.45) is 0. The van der Waals surface area contributed by atoms with Gasteiger partial charge in [-0.25, -0.2) is 0 Å². The van der Waals surface area contributed by atoms with Crippen LogP contribution in [0.1, 0.15) is 12.5 Å². The predicted octanol–water partition coefficient (Wildman–Crippen LogP) is 0.956. The van der Waals surface area contributed by atoms with Gasteiger partial charge in [0.05, 0.1) is 18.0 Å². The van der Waals surface area contributed by atoms with Gasteiger partial charge < -0.3 is 15.3 Å². The number of aliphatic hydroxyl groups excluding tert-OH is 1. The van der Waals surface area contributed by atoms with Crippen LogP contribution in [0.3, 0.4) is 0 Å². The molecule has 0 saturated carbocycles. The standard InChI is InChI=1S/C11H14N2O2/c1-7-11(15)13(2)10-5-8(6-14)3-4-9(10)12-7/h3-5,7,12,14H,6H2,1-2H3. The molecule has 1 unspecified atom stereocenters. The van der Waals surface area contributed by atoms with Crippen molar-refractivity contribution < 1.29 is 9.90 Å². The number of carbonyl (C=O) groups is 1. The molecule has 4 nitrogen and oxygen atoms in total. The van der Waals surface area contributed by atoms with Crippen molar-refractivity contribution >= 4 is 17.3 Å². The van der Waals surface area contributed by atoms with Gasteiger partial charge in [-0.1, -0.05) is 6.07 Å². The molecule has 0 spiro atoms. The highest BCUT2D eigenvalue weighted by Gasteiger charge is 2.26. The number of likely N-dealkylation sites (N-methyl/N-ethyl adjacent to an activating group) is 1. The first-order valence-corrected chi connectivity index (χ1v) is 4.91. The van der Waals surface area contributed by atoms with E-state index in [-0.39, 0.29) is 18.6 Å². The summed E-state index contributed by atoms with van der Waals surface area (Å²) in [5.41, 5.74) is 2.57. The maximum Gasteiger partial charge on any atom is 0.248 e. The summed E-state index contributed by atoms with van der Waals surface area (Å²) < 4.78 is 0. The van der Waals surface area contributed by atoms with Crippen LogP contribution >= 0.6 is 0 Å². The molecule has 0 saturated heterocycles. The Morgan fingerprint density at radius 3 is 2.93 bits per heavy atom. The molecule has 1 aromatic rings. The van der Waals surface area contributed by atoms with Crippen molar-refractivity contribution in [1.29, 1.82) is 0 Å². The van der Waals surface area contributed by atoms with Gasteiger partial charge in [0.1, 0.15) is 6.04 Å². The molecule has 1 aliphatic rings. The first-order valence-electron chi connectivity index (χ1n) is 4.91. The quantitative estimate of drug-likeness (QED) is 0.719. The number of amides is 1. The summed E-state index contributed by atoms with van der Waals surface area (Å²) in [5.74, 6) is 0.0394. The second-order valence-electron chi connectivity index (χ2n) is 3.77. The molecule has 80 valence electrons. The van der Waals surface area contributed by atoms with Gasteiger partial charge in [-0.05, 0) is 24.6 Å². The second kappa shape index (κ2) is 3.55. The molecule has 1 amide bonds. The molecule has 2 N–H and O–H groups in total. The Morgan fingerprint density at radius 1 is 1.53 bits per heavy atom. The summed E-state index contributed by atoms with van der Waals surface area (Å²) in [5, 5.41) is 12.1. The molecule has 1 heterocycles. The van der Waals surface area contributed by atoms with Crippen LogP contribution in [-0.2, 0) is 11.4 Å². The Hall–Kier alpha value is -1.55. The minimum Gasteiger partial charge on any atom is -0.392 e. The lowest BCUT2D eigenvalue weighted by molar-refractivity contribution is -0.118. The number of fused-ring (bicyclic) bond motifs is 1. The van der Waals surface area contributed by atoms with Crippen molar-refractivity contribution in [3.05, 3.63) is 23.8 Å². The minimum absolute atomic E-state index is 0.00906. The van der Waals surface area contributed by atoms with Crippen LogP contribution in [0.15, 0.2) is 18.2 Å². The fourth-order valence-corrected chi connectivity index (χ4v) is 1.78. The lowest BCUT2D eigenvalue weighted by Crippen LogP contribution is -2.43. The van der Waals surface area contributed by atoms with E-state index in [1.54, 1.807) is 11.9 Å². The fraction of sp³-hybridized carbons (Fsp3) is 0.364. The zero-order chi connectivity index (χ0) is 11.0. The average molecular weight is 206 g/mol. The molecule has 15 heavy (non-hydrogen) atoms. The first-order chi connectivity index (χ1) is 7.13. The number of nitrogens with zero attached hydrogens (tertiary/aromatic N) is 1. The molecule has 0 aromatic heterocycles. The normalized spacial score (nSPS) is 19.8. The number of hydrogen-bond donors (Lipinski definition) is 2. The number of rotatable bonds is 1. The van der Waals surface area contributed by atoms with Crippen molar-refractivity contribution in [2.45, 2.75) is 19.6 Å². The van der Waals surface area contributed by atoms with Crippen LogP contribution in [0.25, 0.3) is 0 Å². The van der Waals surface area contributed by atoms with E-state index >= 15 is 0 Å². The van der Waals surface area contributed by atoms with Gasteiger partial charge in [0, 0.05) is 7.05 Å². The van der Waals surface area contributed by atoms with Crippen LogP contribution in [0.2, 0.25) is 0 Å². The predicted molar refractivity (Wildman–Crippen MR) is 58.9 cm³/mol. The number of benzene rings is 1. The molecule has 1 atom stereocenters. The van der Waals surface area contributed by atoms with Gasteiger partial charge >= 0.3 is 0 Å². The smallest absolute Gasteiger partial charge is 0.248 e. The van der Waals surface area contributed by atoms with Crippen molar-refractivity contribution in [3.63, 3.8) is 0 Å². The van der Waals surface area contributed by atoms with E-state index in [0.29, 0.717) is 0 Å². The zero-order valence-corrected chi connectivity index (χ0v) is 8.82. The monoisotopic (exact) mass is 206 g/mol. The first kappa shape index (κ1) is 9.98. The summed E-state index contributed by atoms with van der Waals surface area (Å²) in [6.45, 7) is 1.83. The lowest BCUT2D eigenvalue weighted by Gasteiger charge is -2.31. The molecular weight excluding hydrogens is 192 g/mol. The molecule has 0 bridgehead atoms. The van der Waals surface area contributed by atoms with Gasteiger partial charge in [0.15, 0.2) is 0 Å². The van der Waals surface area contributed by atoms with Crippen LogP contribution < -0.4 is 10.2 Å². The van der Waals surface area contributed by atoms with E-state index in [9.17, 15) is 4.79 Å². The number of anilines is 2. The van der Waals surface area contributed by atoms with Crippen molar-refractivity contribution in [2.75, 3.05) is 17.3 Å². The third-order valence-electron chi connectivity index (χ3n) is 2.68. The summed E-state index contributed by atoms with van der Waals surface area (Å²) in [7, 11) is 1.75. The van der Waals surface area contributed by atoms with Crippen molar-refractivity contribution in [1.82, 2.24) is 0 Å². The summed E-state index contributed by atoms with van der Waals surface area (Å²) >= 11 is 0. The van der Waals surface area contributed by atoms with Gasteiger partial charge in [-0.3, -0.25) is 4.79 Å². The second-order valence-corrected chi connectivity index (χ2v) is 3.77. The van der Waals surface area contributed by atoms with Gasteiger partial charge in [-0.2, -0.15) is 0 Å². The van der Waals surface area contributed by atoms with Gasteiger partial charge in [0.25, 0.3) is 0 Å². The highest BCUT2D eigenvalue weighted by molar-refractivity contribution is 6.04. The summed E-state index contributed by atoms with van der Waals surface area (Å²) in [6, 6.07) is 5.37. The number of nitrogens with one attached hydrogen (secondary N) is 1. The Kier molecular flexibility index (Phi) is 2.36. The molecule has 0 aliphatic carbocycles. The zero-order valence-electron chi connectivity index (χ0n) is 8.82. The van der Waals surface area contributed by atoms with Crippen LogP contribution in [0, 0.1) is 0 Å². The van der Waals surface area contributed by atoms with E-state index in [1.165, 1.54) is 0 Å². The largest absolute Gasteiger partial charge is 0.392 e. The summed E-state index contributed by atoms with van der Waals surface area (Å²) in [4.78, 5) is 13.3. The topological polar surface area (TPSA) is 52.6 Å². The highest BCUT2D eigenvalue weighted by Crippen LogP contribution is 2.31. The Balaban J connectivity index is 2.47. The minimum atomic E-state index is -0.192. The molecule has 0 fully saturated rings. The lowest BCUT2D eigenvalue weighted by atomic mass is 10.1. The number of carbonyl (C=O) groups excluding carboxylic acids is 1. The van der Waals surface area contributed by atoms with Gasteiger partial charge in [-0.15, -0.1) is 0 Å². The maximum atomic E-state index is 11.7. The highest BCUT2D eigenvalue weighted by atomic mass is 16.3. The van der Waals surface area contributed by atoms with Crippen molar-refractivity contribution in [3.8, 4) is 0 Å². The molecule has 4 heteroatoms. The Morgan fingerprint density at radius 2 is 2.27 bits per heavy atom. The molecular formula is C11H14N2O2. The number of hydrogen-bond acceptors (Lipinski definition) is 3. The van der Waals surface area contributed by atoms with Crippen molar-refractivity contribution in [2.24, 2.45) is 0 Å². The van der Waals surface area contributed by atoms with Crippen LogP contribution in [-0.4, -0.2) is 24.1 Å². The van der Waals surface area contributed by atoms with E-state index < -0.39 is 0 Å². The number of aliphatic hydroxyl groups is 1. The van der Waals surface area contributed by atoms with Crippen LogP contribution in [0.5, 0.6) is 0 Å². The average Bonchev–Trinajstić information content (AvgIpc) is 2.26. The maximum absolute atomic E-state index is 11.7. The third-order valence-corrected chi connectivity index (χ3v) is 2.68.